The van der Waals surface area contributed by atoms with Crippen molar-refractivity contribution in [1.29, 1.82) is 0 Å². The molecule has 8 aromatic heterocycles. The van der Waals surface area contributed by atoms with Crippen molar-refractivity contribution in [3.05, 3.63) is 200 Å². The summed E-state index contributed by atoms with van der Waals surface area (Å²) in [4.78, 5) is 29.7. The Balaban J connectivity index is 0.000000617. The number of rotatable bonds is 0. The van der Waals surface area contributed by atoms with E-state index in [0.29, 0.717) is 32.5 Å². The minimum atomic E-state index is 0.140. The molecular formula is C99H163N5S4. The Bertz CT molecular complexity index is 3190. The Hall–Kier alpha value is -4.67. The molecular weight excluding hydrogens is 1390 g/mol. The van der Waals surface area contributed by atoms with Gasteiger partial charge in [-0.25, -0.2) is 4.98 Å². The smallest absolute Gasteiger partial charge is 0.0981 e. The fraction of sp³-hybridized carbons (Fsp3) is 0.646. The summed E-state index contributed by atoms with van der Waals surface area (Å²) in [6.45, 7) is 107. The van der Waals surface area contributed by atoms with Crippen LogP contribution >= 0.6 is 45.3 Å². The van der Waals surface area contributed by atoms with Crippen LogP contribution in [0, 0.1) is 0 Å². The fourth-order valence-corrected chi connectivity index (χ4v) is 14.1. The highest BCUT2D eigenvalue weighted by Crippen LogP contribution is 2.39. The van der Waals surface area contributed by atoms with Crippen LogP contribution in [0.15, 0.2) is 115 Å². The van der Waals surface area contributed by atoms with E-state index in [4.69, 9.17) is 4.98 Å². The molecule has 0 amide bonds. The molecule has 0 spiro atoms. The van der Waals surface area contributed by atoms with Gasteiger partial charge in [0.25, 0.3) is 0 Å². The largest absolute Gasteiger partial charge is 0.264 e. The van der Waals surface area contributed by atoms with E-state index in [-0.39, 0.29) is 54.1 Å². The first kappa shape index (κ1) is 101. The van der Waals surface area contributed by atoms with Crippen molar-refractivity contribution in [2.45, 2.75) is 419 Å². The molecule has 0 saturated heterocycles. The highest BCUT2D eigenvalue weighted by Gasteiger charge is 2.28. The molecule has 0 unspecified atom stereocenters. The van der Waals surface area contributed by atoms with Crippen LogP contribution in [0.1, 0.15) is 418 Å². The van der Waals surface area contributed by atoms with Crippen LogP contribution in [0.3, 0.4) is 0 Å². The number of hydrogen-bond donors (Lipinski definition) is 0. The molecule has 0 N–H and O–H groups in total. The molecule has 0 bridgehead atoms. The predicted octanol–water partition coefficient (Wildman–Crippen LogP) is 31.5. The maximum Gasteiger partial charge on any atom is 0.0981 e. The lowest BCUT2D eigenvalue weighted by atomic mass is 9.82. The van der Waals surface area contributed by atoms with Crippen molar-refractivity contribution in [3.63, 3.8) is 0 Å². The zero-order chi connectivity index (χ0) is 85.0. The van der Waals surface area contributed by atoms with Crippen molar-refractivity contribution in [2.24, 2.45) is 0 Å². The summed E-state index contributed by atoms with van der Waals surface area (Å²) in [6.07, 6.45) is 9.79. The molecule has 0 saturated carbocycles. The van der Waals surface area contributed by atoms with Gasteiger partial charge in [0.15, 0.2) is 0 Å². The summed E-state index contributed by atoms with van der Waals surface area (Å²) in [5.41, 5.74) is 16.5. The Kier molecular flexibility index (Phi) is 35.2. The van der Waals surface area contributed by atoms with Gasteiger partial charge in [0.1, 0.15) is 0 Å². The Labute approximate surface area is 684 Å². The molecule has 608 valence electrons. The number of aromatic nitrogens is 5. The summed E-state index contributed by atoms with van der Waals surface area (Å²) in [7, 11) is 0. The van der Waals surface area contributed by atoms with Gasteiger partial charge in [0, 0.05) is 105 Å². The van der Waals surface area contributed by atoms with E-state index < -0.39 is 0 Å². The first-order valence-electron chi connectivity index (χ1n) is 39.8. The lowest BCUT2D eigenvalue weighted by Gasteiger charge is -2.23. The normalized spacial score (nSPS) is 13.2. The van der Waals surface area contributed by atoms with Gasteiger partial charge in [-0.2, -0.15) is 0 Å². The fourth-order valence-electron chi connectivity index (χ4n) is 9.50. The topological polar surface area (TPSA) is 64.5 Å². The molecule has 0 atom stereocenters. The third kappa shape index (κ3) is 36.4. The molecule has 0 aromatic carbocycles. The average molecular weight is 1550 g/mol. The van der Waals surface area contributed by atoms with Gasteiger partial charge in [-0.15, -0.1) is 45.3 Å². The van der Waals surface area contributed by atoms with Crippen LogP contribution in [-0.2, 0) is 86.6 Å². The van der Waals surface area contributed by atoms with Gasteiger partial charge in [-0.3, -0.25) is 19.9 Å². The standard InChI is InChI=1S/4C13H21N.3C12H20S.C11H19NS/c1-12(2,3)10-7-11(9-14-8-10)13(4,5)6;2*1-12(2,3)10-7-8-14-11(9-10)13(4,5)6;1-12(2,3)10-8-7-9-11(14-10)13(4,5)6;2*1-11(2,3)9-7-10(13-8-9)12(4,5)6;1-11(2,3)9-7-8-10(13-9)12(4,5)6;1-10(2,3)8-7-12-9(13-8)11(4,5)6/h4*7-9H,1-6H3;3*7-8H,1-6H3;7H,1-6H3. The van der Waals surface area contributed by atoms with Gasteiger partial charge >= 0.3 is 0 Å². The van der Waals surface area contributed by atoms with E-state index in [9.17, 15) is 0 Å². The molecule has 5 nitrogen and oxygen atoms in total. The molecule has 8 heterocycles. The highest BCUT2D eigenvalue weighted by molar-refractivity contribution is 7.12. The summed E-state index contributed by atoms with van der Waals surface area (Å²) in [6, 6.07) is 26.5. The summed E-state index contributed by atoms with van der Waals surface area (Å²) in [5.74, 6) is 0. The van der Waals surface area contributed by atoms with Gasteiger partial charge in [-0.1, -0.05) is 344 Å². The molecule has 0 aliphatic carbocycles. The summed E-state index contributed by atoms with van der Waals surface area (Å²) in [5, 5.41) is 5.82. The second-order valence-electron chi connectivity index (χ2n) is 46.3. The summed E-state index contributed by atoms with van der Waals surface area (Å²) >= 11 is 7.55. The number of pyridine rings is 4. The van der Waals surface area contributed by atoms with E-state index in [0.717, 1.165) is 0 Å². The third-order valence-corrected chi connectivity index (χ3v) is 24.4. The molecule has 9 heteroatoms. The zero-order valence-corrected chi connectivity index (χ0v) is 82.1. The second-order valence-corrected chi connectivity index (χ2v) is 50.3. The maximum atomic E-state index is 4.72. The van der Waals surface area contributed by atoms with Crippen LogP contribution in [0.25, 0.3) is 0 Å². The Morgan fingerprint density at radius 3 is 0.704 bits per heavy atom. The first-order valence-corrected chi connectivity index (χ1v) is 43.2. The minimum Gasteiger partial charge on any atom is -0.264 e. The minimum absolute atomic E-state index is 0.140. The molecule has 0 fully saturated rings. The molecule has 0 radical (unpaired) electrons. The van der Waals surface area contributed by atoms with Crippen LogP contribution in [0.5, 0.6) is 0 Å². The maximum absolute atomic E-state index is 4.72. The van der Waals surface area contributed by atoms with E-state index in [1.807, 2.05) is 76.3 Å². The molecule has 108 heavy (non-hydrogen) atoms. The quantitative estimate of drug-likeness (QED) is 0.151. The van der Waals surface area contributed by atoms with E-state index in [1.165, 1.54) is 85.5 Å². The lowest BCUT2D eigenvalue weighted by molar-refractivity contribution is 0.531. The van der Waals surface area contributed by atoms with Crippen molar-refractivity contribution < 1.29 is 0 Å². The van der Waals surface area contributed by atoms with E-state index in [1.54, 1.807) is 0 Å². The Morgan fingerprint density at radius 1 is 0.213 bits per heavy atom. The molecule has 0 aliphatic rings. The van der Waals surface area contributed by atoms with Crippen molar-refractivity contribution in [3.8, 4) is 0 Å². The van der Waals surface area contributed by atoms with Crippen LogP contribution in [0.4, 0.5) is 0 Å². The van der Waals surface area contributed by atoms with Crippen LogP contribution < -0.4 is 0 Å². The number of thiophene rings is 3. The first-order chi connectivity index (χ1) is 47.7. The molecule has 8 aromatic rings. The number of nitrogens with zero attached hydrogens (tertiary/aromatic N) is 5. The van der Waals surface area contributed by atoms with Crippen LogP contribution in [0.2, 0.25) is 0 Å². The average Bonchev–Trinajstić information content (AvgIpc) is 1.83. The second kappa shape index (κ2) is 37.5. The van der Waals surface area contributed by atoms with Crippen molar-refractivity contribution in [2.75, 3.05) is 0 Å². The lowest BCUT2D eigenvalue weighted by Crippen LogP contribution is -2.19. The highest BCUT2D eigenvalue weighted by atomic mass is 32.1. The van der Waals surface area contributed by atoms with Gasteiger partial charge < -0.3 is 0 Å². The van der Waals surface area contributed by atoms with Gasteiger partial charge in [0.2, 0.25) is 0 Å². The monoisotopic (exact) mass is 1550 g/mol. The van der Waals surface area contributed by atoms with Crippen molar-refractivity contribution >= 4 is 45.3 Å². The number of hydrogen-bond acceptors (Lipinski definition) is 9. The zero-order valence-electron chi connectivity index (χ0n) is 78.8. The Morgan fingerprint density at radius 2 is 0.500 bits per heavy atom. The molecule has 8 rings (SSSR count). The third-order valence-electron chi connectivity index (χ3n) is 17.9. The van der Waals surface area contributed by atoms with Gasteiger partial charge in [0.05, 0.1) is 5.01 Å². The predicted molar refractivity (Wildman–Crippen MR) is 491 cm³/mol. The van der Waals surface area contributed by atoms with Gasteiger partial charge in [-0.05, 0) is 164 Å². The SMILES string of the molecule is CC(C)(C)c1ccc(C(C)(C)C)s1.CC(C)(C)c1cccc(C(C)(C)C)n1.CC(C)(C)c1ccnc(C(C)(C)C)c1.CC(C)(C)c1ccnc(C(C)(C)C)c1.CC(C)(C)c1cnc(C(C)(C)C)s1.CC(C)(C)c1cncc(C(C)(C)C)c1.CC(C)(C)c1csc(C(C)(C)C)c1.CC(C)(C)c1csc(C(C)(C)C)c1. The van der Waals surface area contributed by atoms with E-state index in [2.05, 4.69) is 436 Å². The number of thiazole rings is 1. The molecule has 0 aliphatic heterocycles. The van der Waals surface area contributed by atoms with E-state index >= 15 is 0 Å². The van der Waals surface area contributed by atoms with Crippen LogP contribution in [-0.4, -0.2) is 24.9 Å². The van der Waals surface area contributed by atoms with Crippen molar-refractivity contribution in [1.82, 2.24) is 24.9 Å². The summed E-state index contributed by atoms with van der Waals surface area (Å²) < 4.78 is 0.